The van der Waals surface area contributed by atoms with E-state index in [1.165, 1.54) is 19.2 Å². The Morgan fingerprint density at radius 2 is 2.16 bits per heavy atom. The smallest absolute Gasteiger partial charge is 0.351 e. The predicted octanol–water partition coefficient (Wildman–Crippen LogP) is 4.17. The molecule has 0 fully saturated rings. The van der Waals surface area contributed by atoms with Crippen molar-refractivity contribution in [3.8, 4) is 10.9 Å². The second-order valence-electron chi connectivity index (χ2n) is 3.27. The van der Waals surface area contributed by atoms with Crippen LogP contribution in [0.3, 0.4) is 0 Å². The lowest BCUT2D eigenvalue weighted by Crippen LogP contribution is -1.98. The van der Waals surface area contributed by atoms with Crippen molar-refractivity contribution in [3.05, 3.63) is 39.1 Å². The van der Waals surface area contributed by atoms with Gasteiger partial charge in [-0.1, -0.05) is 34.5 Å². The van der Waals surface area contributed by atoms with Crippen LogP contribution >= 0.6 is 34.5 Å². The van der Waals surface area contributed by atoms with Crippen LogP contribution in [0, 0.1) is 5.82 Å². The van der Waals surface area contributed by atoms with Crippen LogP contribution < -0.4 is 4.74 Å². The number of hydrogen-bond donors (Lipinski definition) is 0. The van der Waals surface area contributed by atoms with Crippen molar-refractivity contribution in [2.75, 3.05) is 7.11 Å². The summed E-state index contributed by atoms with van der Waals surface area (Å²) in [5.74, 6) is -1.03. The number of thiazole rings is 1. The summed E-state index contributed by atoms with van der Waals surface area (Å²) in [6.07, 6.45) is 0. The number of nitrogens with zero attached hydrogens (tertiary/aromatic N) is 1. The van der Waals surface area contributed by atoms with E-state index in [2.05, 4.69) is 9.72 Å². The molecule has 1 heterocycles. The number of methoxy groups -OCH3 is 1. The zero-order valence-corrected chi connectivity index (χ0v) is 11.8. The van der Waals surface area contributed by atoms with Crippen LogP contribution in [0.1, 0.15) is 9.67 Å². The molecule has 4 nitrogen and oxygen atoms in total. The van der Waals surface area contributed by atoms with Crippen molar-refractivity contribution in [1.29, 1.82) is 0 Å². The summed E-state index contributed by atoms with van der Waals surface area (Å²) in [5, 5.41) is 0.0631. The van der Waals surface area contributed by atoms with Gasteiger partial charge in [0.2, 0.25) is 0 Å². The second kappa shape index (κ2) is 5.73. The van der Waals surface area contributed by atoms with Gasteiger partial charge >= 0.3 is 5.97 Å². The lowest BCUT2D eigenvalue weighted by Gasteiger charge is -2.01. The summed E-state index contributed by atoms with van der Waals surface area (Å²) in [7, 11) is 1.23. The average Bonchev–Trinajstić information content (AvgIpc) is 2.74. The standard InChI is InChI=1S/C11H6Cl2FNO3S/c1-17-10(16)8-9(13)15-11(19-8)18-5-2-3-6(12)7(14)4-5/h2-4H,1H3. The molecule has 19 heavy (non-hydrogen) atoms. The topological polar surface area (TPSA) is 48.4 Å². The molecule has 0 saturated carbocycles. The number of aromatic nitrogens is 1. The van der Waals surface area contributed by atoms with E-state index in [4.69, 9.17) is 27.9 Å². The first kappa shape index (κ1) is 14.0. The minimum atomic E-state index is -0.616. The van der Waals surface area contributed by atoms with Crippen molar-refractivity contribution >= 4 is 40.5 Å². The van der Waals surface area contributed by atoms with Gasteiger partial charge in [0.05, 0.1) is 12.1 Å². The lowest BCUT2D eigenvalue weighted by atomic mass is 10.3. The van der Waals surface area contributed by atoms with E-state index in [1.807, 2.05) is 0 Å². The molecule has 8 heteroatoms. The molecule has 1 aromatic carbocycles. The molecule has 0 unspecified atom stereocenters. The highest BCUT2D eigenvalue weighted by atomic mass is 35.5. The van der Waals surface area contributed by atoms with Crippen LogP contribution in [0.4, 0.5) is 4.39 Å². The fourth-order valence-corrected chi connectivity index (χ4v) is 2.37. The molecule has 2 aromatic rings. The molecule has 0 bridgehead atoms. The van der Waals surface area contributed by atoms with Crippen molar-refractivity contribution in [2.45, 2.75) is 0 Å². The number of rotatable bonds is 3. The van der Waals surface area contributed by atoms with Gasteiger partial charge in [0, 0.05) is 6.07 Å². The Morgan fingerprint density at radius 3 is 2.79 bits per heavy atom. The molecule has 0 atom stereocenters. The van der Waals surface area contributed by atoms with E-state index >= 15 is 0 Å². The average molecular weight is 322 g/mol. The molecule has 0 aliphatic carbocycles. The van der Waals surface area contributed by atoms with Crippen molar-refractivity contribution < 1.29 is 18.7 Å². The van der Waals surface area contributed by atoms with Crippen LogP contribution in [0.2, 0.25) is 10.2 Å². The highest BCUT2D eigenvalue weighted by Gasteiger charge is 2.18. The summed E-state index contributed by atoms with van der Waals surface area (Å²) >= 11 is 12.2. The molecule has 0 radical (unpaired) electrons. The van der Waals surface area contributed by atoms with Gasteiger partial charge in [0.1, 0.15) is 11.6 Å². The zero-order chi connectivity index (χ0) is 14.0. The molecule has 0 aliphatic rings. The first-order valence-electron chi connectivity index (χ1n) is 4.89. The summed E-state index contributed by atoms with van der Waals surface area (Å²) in [6.45, 7) is 0. The third-order valence-electron chi connectivity index (χ3n) is 2.03. The fraction of sp³-hybridized carbons (Fsp3) is 0.0909. The van der Waals surface area contributed by atoms with Crippen LogP contribution in [-0.2, 0) is 4.74 Å². The number of halogens is 3. The molecule has 0 aliphatic heterocycles. The number of ether oxygens (including phenoxy) is 2. The summed E-state index contributed by atoms with van der Waals surface area (Å²) < 4.78 is 23.0. The number of carbonyl (C=O) groups excluding carboxylic acids is 1. The molecule has 2 rings (SSSR count). The Balaban J connectivity index is 2.24. The molecule has 0 spiro atoms. The van der Waals surface area contributed by atoms with Gasteiger partial charge in [-0.05, 0) is 12.1 Å². The van der Waals surface area contributed by atoms with Crippen LogP contribution in [0.15, 0.2) is 18.2 Å². The molecule has 0 saturated heterocycles. The van der Waals surface area contributed by atoms with Crippen molar-refractivity contribution in [3.63, 3.8) is 0 Å². The number of carbonyl (C=O) groups is 1. The molecule has 0 amide bonds. The van der Waals surface area contributed by atoms with Gasteiger partial charge in [0.25, 0.3) is 5.19 Å². The summed E-state index contributed by atoms with van der Waals surface area (Å²) in [5.41, 5.74) is 0. The minimum Gasteiger partial charge on any atom is -0.465 e. The van der Waals surface area contributed by atoms with E-state index in [-0.39, 0.29) is 26.0 Å². The van der Waals surface area contributed by atoms with Gasteiger partial charge in [0.15, 0.2) is 10.0 Å². The first-order valence-corrected chi connectivity index (χ1v) is 6.46. The molecule has 1 aromatic heterocycles. The van der Waals surface area contributed by atoms with Gasteiger partial charge in [-0.15, -0.1) is 0 Å². The van der Waals surface area contributed by atoms with E-state index in [0.29, 0.717) is 0 Å². The number of esters is 1. The quantitative estimate of drug-likeness (QED) is 0.796. The van der Waals surface area contributed by atoms with Gasteiger partial charge in [-0.25, -0.2) is 9.18 Å². The minimum absolute atomic E-state index is 0.0141. The van der Waals surface area contributed by atoms with E-state index in [1.54, 1.807) is 0 Å². The third-order valence-corrected chi connectivity index (χ3v) is 3.64. The highest BCUT2D eigenvalue weighted by molar-refractivity contribution is 7.15. The van der Waals surface area contributed by atoms with E-state index in [0.717, 1.165) is 17.4 Å². The van der Waals surface area contributed by atoms with Crippen molar-refractivity contribution in [2.24, 2.45) is 0 Å². The summed E-state index contributed by atoms with van der Waals surface area (Å²) in [6, 6.07) is 3.93. The molecule has 100 valence electrons. The Bertz CT molecular complexity index is 632. The van der Waals surface area contributed by atoms with Gasteiger partial charge in [-0.2, -0.15) is 4.98 Å². The Labute approximate surface area is 121 Å². The van der Waals surface area contributed by atoms with Crippen LogP contribution in [-0.4, -0.2) is 18.1 Å². The maximum Gasteiger partial charge on any atom is 0.351 e. The Hall–Kier alpha value is -1.37. The van der Waals surface area contributed by atoms with Gasteiger partial charge in [-0.3, -0.25) is 0 Å². The van der Waals surface area contributed by atoms with E-state index in [9.17, 15) is 9.18 Å². The SMILES string of the molecule is COC(=O)c1sc(Oc2ccc(Cl)c(F)c2)nc1Cl. The Kier molecular flexibility index (Phi) is 4.24. The van der Waals surface area contributed by atoms with Crippen molar-refractivity contribution in [1.82, 2.24) is 4.98 Å². The fourth-order valence-electron chi connectivity index (χ4n) is 1.19. The van der Waals surface area contributed by atoms with Gasteiger partial charge < -0.3 is 9.47 Å². The molecular weight excluding hydrogens is 316 g/mol. The number of hydrogen-bond acceptors (Lipinski definition) is 5. The molecule has 0 N–H and O–H groups in total. The Morgan fingerprint density at radius 1 is 1.42 bits per heavy atom. The second-order valence-corrected chi connectivity index (χ2v) is 5.00. The largest absolute Gasteiger partial charge is 0.465 e. The summed E-state index contributed by atoms with van der Waals surface area (Å²) in [4.78, 5) is 15.3. The van der Waals surface area contributed by atoms with Crippen LogP contribution in [0.5, 0.6) is 10.9 Å². The zero-order valence-electron chi connectivity index (χ0n) is 9.45. The number of benzene rings is 1. The van der Waals surface area contributed by atoms with E-state index < -0.39 is 11.8 Å². The first-order chi connectivity index (χ1) is 9.01. The monoisotopic (exact) mass is 321 g/mol. The highest BCUT2D eigenvalue weighted by Crippen LogP contribution is 2.33. The lowest BCUT2D eigenvalue weighted by molar-refractivity contribution is 0.0606. The predicted molar refractivity (Wildman–Crippen MR) is 69.9 cm³/mol. The van der Waals surface area contributed by atoms with Crippen LogP contribution in [0.25, 0.3) is 0 Å². The normalized spacial score (nSPS) is 10.3. The maximum atomic E-state index is 13.2. The third kappa shape index (κ3) is 3.15. The maximum absolute atomic E-state index is 13.2. The molecular formula is C11H6Cl2FNO3S.